The van der Waals surface area contributed by atoms with Gasteiger partial charge in [-0.05, 0) is 25.7 Å². The van der Waals surface area contributed by atoms with Crippen molar-refractivity contribution in [1.82, 2.24) is 5.32 Å². The van der Waals surface area contributed by atoms with E-state index in [1.165, 1.54) is 38.5 Å². The maximum atomic E-state index is 9.83. The number of ether oxygens (including phenoxy) is 1. The minimum absolute atomic E-state index is 0.360. The van der Waals surface area contributed by atoms with Crippen molar-refractivity contribution in [2.24, 2.45) is 0 Å². The molecule has 1 aliphatic rings. The van der Waals surface area contributed by atoms with E-state index in [1.54, 1.807) is 0 Å². The molecule has 0 aromatic heterocycles. The van der Waals surface area contributed by atoms with E-state index in [9.17, 15) is 5.11 Å². The summed E-state index contributed by atoms with van der Waals surface area (Å²) in [6, 6.07) is 0.543. The molecule has 2 N–H and O–H groups in total. The standard InChI is InChI=1S/C14H29NO2/c1-3-7-12(4-2)15-10-13(16)11-17-14-8-5-6-9-14/h12-16H,3-11H2,1-2H3. The number of hydrogen-bond donors (Lipinski definition) is 2. The highest BCUT2D eigenvalue weighted by Gasteiger charge is 2.17. The quantitative estimate of drug-likeness (QED) is 0.653. The number of aliphatic hydroxyl groups is 1. The molecule has 1 rings (SSSR count). The smallest absolute Gasteiger partial charge is 0.0897 e. The lowest BCUT2D eigenvalue weighted by atomic mass is 10.1. The zero-order chi connectivity index (χ0) is 12.5. The highest BCUT2D eigenvalue weighted by molar-refractivity contribution is 4.70. The second-order valence-electron chi connectivity index (χ2n) is 5.20. The SMILES string of the molecule is CCCC(CC)NCC(O)COC1CCCC1. The zero-order valence-corrected chi connectivity index (χ0v) is 11.5. The van der Waals surface area contributed by atoms with Crippen LogP contribution >= 0.6 is 0 Å². The molecule has 0 spiro atoms. The molecule has 3 heteroatoms. The maximum Gasteiger partial charge on any atom is 0.0897 e. The first-order valence-electron chi connectivity index (χ1n) is 7.29. The van der Waals surface area contributed by atoms with Gasteiger partial charge in [-0.3, -0.25) is 0 Å². The van der Waals surface area contributed by atoms with E-state index in [0.717, 1.165) is 6.42 Å². The first kappa shape index (κ1) is 14.9. The summed E-state index contributed by atoms with van der Waals surface area (Å²) in [6.45, 7) is 5.53. The van der Waals surface area contributed by atoms with Gasteiger partial charge in [0.05, 0.1) is 18.8 Å². The van der Waals surface area contributed by atoms with E-state index >= 15 is 0 Å². The fourth-order valence-corrected chi connectivity index (χ4v) is 2.46. The summed E-state index contributed by atoms with van der Waals surface area (Å²) >= 11 is 0. The lowest BCUT2D eigenvalue weighted by Gasteiger charge is -2.20. The molecule has 3 nitrogen and oxygen atoms in total. The summed E-state index contributed by atoms with van der Waals surface area (Å²) in [4.78, 5) is 0. The molecule has 1 saturated carbocycles. The van der Waals surface area contributed by atoms with Gasteiger partial charge in [0.25, 0.3) is 0 Å². The van der Waals surface area contributed by atoms with Crippen LogP contribution in [0.15, 0.2) is 0 Å². The second kappa shape index (κ2) is 8.90. The molecule has 0 radical (unpaired) electrons. The number of aliphatic hydroxyl groups excluding tert-OH is 1. The van der Waals surface area contributed by atoms with Crippen LogP contribution in [0.25, 0.3) is 0 Å². The Bertz CT molecular complexity index is 181. The summed E-state index contributed by atoms with van der Waals surface area (Å²) in [5.41, 5.74) is 0. The molecule has 2 atom stereocenters. The van der Waals surface area contributed by atoms with Crippen LogP contribution in [0.1, 0.15) is 58.8 Å². The van der Waals surface area contributed by atoms with Crippen molar-refractivity contribution in [3.05, 3.63) is 0 Å². The molecule has 102 valence electrons. The van der Waals surface area contributed by atoms with Gasteiger partial charge in [0.2, 0.25) is 0 Å². The molecule has 17 heavy (non-hydrogen) atoms. The number of nitrogens with one attached hydrogen (secondary N) is 1. The number of hydrogen-bond acceptors (Lipinski definition) is 3. The normalized spacial score (nSPS) is 20.6. The van der Waals surface area contributed by atoms with Crippen LogP contribution in [0.3, 0.4) is 0 Å². The molecule has 0 saturated heterocycles. The fourth-order valence-electron chi connectivity index (χ4n) is 2.46. The van der Waals surface area contributed by atoms with Gasteiger partial charge in [0, 0.05) is 12.6 Å². The van der Waals surface area contributed by atoms with Gasteiger partial charge in [-0.15, -0.1) is 0 Å². The minimum atomic E-state index is -0.360. The van der Waals surface area contributed by atoms with Crippen LogP contribution in [-0.4, -0.2) is 36.5 Å². The summed E-state index contributed by atoms with van der Waals surface area (Å²) < 4.78 is 5.70. The Morgan fingerprint density at radius 3 is 2.59 bits per heavy atom. The third-order valence-corrected chi connectivity index (χ3v) is 3.60. The summed E-state index contributed by atoms with van der Waals surface area (Å²) in [7, 11) is 0. The van der Waals surface area contributed by atoms with Crippen LogP contribution in [0.5, 0.6) is 0 Å². The number of rotatable bonds is 9. The molecular formula is C14H29NO2. The van der Waals surface area contributed by atoms with Crippen molar-refractivity contribution < 1.29 is 9.84 Å². The van der Waals surface area contributed by atoms with Crippen LogP contribution in [-0.2, 0) is 4.74 Å². The van der Waals surface area contributed by atoms with Crippen molar-refractivity contribution in [1.29, 1.82) is 0 Å². The van der Waals surface area contributed by atoms with E-state index in [2.05, 4.69) is 19.2 Å². The van der Waals surface area contributed by atoms with E-state index in [0.29, 0.717) is 25.3 Å². The van der Waals surface area contributed by atoms with Crippen molar-refractivity contribution in [2.45, 2.75) is 77.0 Å². The van der Waals surface area contributed by atoms with E-state index in [-0.39, 0.29) is 6.10 Å². The molecule has 0 amide bonds. The summed E-state index contributed by atoms with van der Waals surface area (Å²) in [6.07, 6.45) is 8.47. The molecule has 0 aliphatic heterocycles. The largest absolute Gasteiger partial charge is 0.389 e. The Morgan fingerprint density at radius 2 is 2.00 bits per heavy atom. The zero-order valence-electron chi connectivity index (χ0n) is 11.5. The van der Waals surface area contributed by atoms with Gasteiger partial charge in [-0.2, -0.15) is 0 Å². The summed E-state index contributed by atoms with van der Waals surface area (Å²) in [5, 5.41) is 13.3. The van der Waals surface area contributed by atoms with Gasteiger partial charge in [0.15, 0.2) is 0 Å². The maximum absolute atomic E-state index is 9.83. The predicted octanol–water partition coefficient (Wildman–Crippen LogP) is 2.47. The Labute approximate surface area is 106 Å². The highest BCUT2D eigenvalue weighted by Crippen LogP contribution is 2.20. The molecule has 0 heterocycles. The minimum Gasteiger partial charge on any atom is -0.389 e. The molecule has 1 fully saturated rings. The molecule has 0 aromatic rings. The van der Waals surface area contributed by atoms with Crippen LogP contribution in [0.4, 0.5) is 0 Å². The fraction of sp³-hybridized carbons (Fsp3) is 1.00. The Balaban J connectivity index is 2.04. The van der Waals surface area contributed by atoms with Crippen molar-refractivity contribution in [3.8, 4) is 0 Å². The Kier molecular flexibility index (Phi) is 7.82. The third-order valence-electron chi connectivity index (χ3n) is 3.60. The predicted molar refractivity (Wildman–Crippen MR) is 71.2 cm³/mol. The van der Waals surface area contributed by atoms with Crippen molar-refractivity contribution >= 4 is 0 Å². The van der Waals surface area contributed by atoms with E-state index < -0.39 is 0 Å². The van der Waals surface area contributed by atoms with E-state index in [1.807, 2.05) is 0 Å². The molecule has 0 bridgehead atoms. The van der Waals surface area contributed by atoms with Gasteiger partial charge in [-0.25, -0.2) is 0 Å². The Morgan fingerprint density at radius 1 is 1.29 bits per heavy atom. The second-order valence-corrected chi connectivity index (χ2v) is 5.20. The lowest BCUT2D eigenvalue weighted by Crippen LogP contribution is -2.37. The average Bonchev–Trinajstić information content (AvgIpc) is 2.85. The van der Waals surface area contributed by atoms with Crippen LogP contribution in [0.2, 0.25) is 0 Å². The van der Waals surface area contributed by atoms with Crippen LogP contribution in [0, 0.1) is 0 Å². The molecule has 1 aliphatic carbocycles. The molecule has 0 aromatic carbocycles. The first-order valence-corrected chi connectivity index (χ1v) is 7.29. The van der Waals surface area contributed by atoms with Gasteiger partial charge < -0.3 is 15.2 Å². The van der Waals surface area contributed by atoms with Crippen molar-refractivity contribution in [2.75, 3.05) is 13.2 Å². The lowest BCUT2D eigenvalue weighted by molar-refractivity contribution is -0.00634. The molecule has 2 unspecified atom stereocenters. The van der Waals surface area contributed by atoms with Gasteiger partial charge in [-0.1, -0.05) is 33.1 Å². The summed E-state index contributed by atoms with van der Waals surface area (Å²) in [5.74, 6) is 0. The van der Waals surface area contributed by atoms with Gasteiger partial charge in [0.1, 0.15) is 0 Å². The highest BCUT2D eigenvalue weighted by atomic mass is 16.5. The average molecular weight is 243 g/mol. The third kappa shape index (κ3) is 6.39. The van der Waals surface area contributed by atoms with Gasteiger partial charge >= 0.3 is 0 Å². The Hall–Kier alpha value is -0.120. The van der Waals surface area contributed by atoms with Crippen molar-refractivity contribution in [3.63, 3.8) is 0 Å². The molecular weight excluding hydrogens is 214 g/mol. The topological polar surface area (TPSA) is 41.5 Å². The van der Waals surface area contributed by atoms with E-state index in [4.69, 9.17) is 4.74 Å². The monoisotopic (exact) mass is 243 g/mol. The first-order chi connectivity index (χ1) is 8.26. The van der Waals surface area contributed by atoms with Crippen LogP contribution < -0.4 is 5.32 Å².